The second-order valence-corrected chi connectivity index (χ2v) is 8.84. The van der Waals surface area contributed by atoms with Crippen molar-refractivity contribution in [3.05, 3.63) is 63.9 Å². The molecule has 0 unspecified atom stereocenters. The van der Waals surface area contributed by atoms with Gasteiger partial charge in [-0.2, -0.15) is 0 Å². The summed E-state index contributed by atoms with van der Waals surface area (Å²) in [6, 6.07) is 13.8. The lowest BCUT2D eigenvalue weighted by Crippen LogP contribution is -2.43. The van der Waals surface area contributed by atoms with Crippen LogP contribution < -0.4 is 5.32 Å². The molecule has 0 spiro atoms. The minimum absolute atomic E-state index is 0.0186. The Morgan fingerprint density at radius 3 is 2.76 bits per heavy atom. The van der Waals surface area contributed by atoms with Gasteiger partial charge in [0.15, 0.2) is 0 Å². The first-order valence-corrected chi connectivity index (χ1v) is 11.2. The van der Waals surface area contributed by atoms with Crippen molar-refractivity contribution in [1.29, 1.82) is 0 Å². The molecule has 29 heavy (non-hydrogen) atoms. The summed E-state index contributed by atoms with van der Waals surface area (Å²) in [5.74, 6) is -0.0160. The molecule has 4 atom stereocenters. The molecule has 0 saturated carbocycles. The van der Waals surface area contributed by atoms with Crippen LogP contribution in [0.2, 0.25) is 0 Å². The normalized spacial score (nSPS) is 26.0. The molecule has 0 amide bonds. The molecule has 2 aliphatic rings. The number of fused-ring (bicyclic) bond motifs is 3. The highest BCUT2D eigenvalue weighted by molar-refractivity contribution is 9.10. The lowest BCUT2D eigenvalue weighted by Gasteiger charge is -2.46. The van der Waals surface area contributed by atoms with Crippen LogP contribution in [0.4, 0.5) is 10.1 Å². The zero-order valence-corrected chi connectivity index (χ0v) is 18.2. The number of aliphatic hydroxyl groups is 1. The van der Waals surface area contributed by atoms with Gasteiger partial charge in [0.1, 0.15) is 5.82 Å². The van der Waals surface area contributed by atoms with Gasteiger partial charge < -0.3 is 15.2 Å². The van der Waals surface area contributed by atoms with E-state index in [1.54, 1.807) is 0 Å². The summed E-state index contributed by atoms with van der Waals surface area (Å²) < 4.78 is 22.2. The number of hydrogen-bond donors (Lipinski definition) is 2. The molecule has 2 heterocycles. The van der Waals surface area contributed by atoms with Crippen molar-refractivity contribution in [3.8, 4) is 0 Å². The molecule has 0 bridgehead atoms. The first kappa shape index (κ1) is 20.8. The van der Waals surface area contributed by atoms with E-state index in [0.717, 1.165) is 41.5 Å². The molecule has 0 aliphatic carbocycles. The third-order valence-corrected chi connectivity index (χ3v) is 6.61. The van der Waals surface area contributed by atoms with E-state index in [9.17, 15) is 9.50 Å². The predicted molar refractivity (Wildman–Crippen MR) is 116 cm³/mol. The van der Waals surface area contributed by atoms with Crippen LogP contribution in [0.1, 0.15) is 43.0 Å². The van der Waals surface area contributed by atoms with Gasteiger partial charge in [0.2, 0.25) is 0 Å². The Balaban J connectivity index is 1.66. The van der Waals surface area contributed by atoms with Crippen molar-refractivity contribution in [2.75, 3.05) is 31.6 Å². The fraction of sp³-hybridized carbons (Fsp3) is 0.478. The average Bonchev–Trinajstić information content (AvgIpc) is 2.73. The summed E-state index contributed by atoms with van der Waals surface area (Å²) in [5, 5.41) is 12.8. The van der Waals surface area contributed by atoms with Crippen molar-refractivity contribution in [2.24, 2.45) is 5.92 Å². The lowest BCUT2D eigenvalue weighted by atomic mass is 9.76. The minimum Gasteiger partial charge on any atom is -0.395 e. The number of benzene rings is 2. The van der Waals surface area contributed by atoms with Gasteiger partial charge in [-0.25, -0.2) is 4.39 Å². The Hall–Kier alpha value is -1.47. The summed E-state index contributed by atoms with van der Waals surface area (Å²) in [4.78, 5) is 2.21. The SMILES string of the molecule is CCN(CCO)C[C@H]1CC[C@@H]2[C@H](O1)c1cc(Br)cc(F)c1N[C@H]2c1ccccc1. The van der Waals surface area contributed by atoms with E-state index in [0.29, 0.717) is 12.2 Å². The van der Waals surface area contributed by atoms with Crippen molar-refractivity contribution >= 4 is 21.6 Å². The standard InChI is InChI=1S/C23H28BrFN2O2/c1-2-27(10-11-28)14-17-8-9-18-21(15-6-4-3-5-7-15)26-22-19(23(18)29-17)12-16(24)13-20(22)25/h3-7,12-13,17-18,21,23,26,28H,2,8-11,14H2,1H3/t17-,18+,21+,23+/m1/s1. The van der Waals surface area contributed by atoms with Gasteiger partial charge in [-0.3, -0.25) is 4.90 Å². The number of halogens is 2. The molecule has 2 aromatic carbocycles. The first-order valence-electron chi connectivity index (χ1n) is 10.4. The van der Waals surface area contributed by atoms with Crippen molar-refractivity contribution in [1.82, 2.24) is 4.90 Å². The molecule has 0 aromatic heterocycles. The number of rotatable bonds is 6. The Morgan fingerprint density at radius 1 is 1.24 bits per heavy atom. The monoisotopic (exact) mass is 462 g/mol. The summed E-state index contributed by atoms with van der Waals surface area (Å²) in [5.41, 5.74) is 2.60. The molecule has 6 heteroatoms. The molecule has 0 radical (unpaired) electrons. The van der Waals surface area contributed by atoms with E-state index >= 15 is 0 Å². The highest BCUT2D eigenvalue weighted by Gasteiger charge is 2.43. The molecule has 4 rings (SSSR count). The van der Waals surface area contributed by atoms with E-state index in [2.05, 4.69) is 45.2 Å². The van der Waals surface area contributed by atoms with Crippen LogP contribution in [-0.2, 0) is 4.74 Å². The van der Waals surface area contributed by atoms with Gasteiger partial charge in [-0.05, 0) is 37.1 Å². The van der Waals surface area contributed by atoms with Crippen LogP contribution in [0.3, 0.4) is 0 Å². The molecular weight excluding hydrogens is 435 g/mol. The fourth-order valence-corrected chi connectivity index (χ4v) is 5.16. The summed E-state index contributed by atoms with van der Waals surface area (Å²) in [7, 11) is 0. The van der Waals surface area contributed by atoms with Crippen LogP contribution in [0.5, 0.6) is 0 Å². The zero-order valence-electron chi connectivity index (χ0n) is 16.7. The van der Waals surface area contributed by atoms with Crippen LogP contribution in [0.25, 0.3) is 0 Å². The highest BCUT2D eigenvalue weighted by Crippen LogP contribution is 2.51. The smallest absolute Gasteiger partial charge is 0.147 e. The second-order valence-electron chi connectivity index (χ2n) is 7.92. The second kappa shape index (κ2) is 9.13. The Kier molecular flexibility index (Phi) is 6.54. The summed E-state index contributed by atoms with van der Waals surface area (Å²) in [6.07, 6.45) is 1.88. The number of likely N-dealkylation sites (N-methyl/N-ethyl adjacent to an activating group) is 1. The number of hydrogen-bond acceptors (Lipinski definition) is 4. The third-order valence-electron chi connectivity index (χ3n) is 6.15. The van der Waals surface area contributed by atoms with E-state index in [4.69, 9.17) is 4.74 Å². The Bertz CT molecular complexity index is 835. The molecule has 1 fully saturated rings. The van der Waals surface area contributed by atoms with Gasteiger partial charge in [0.05, 0.1) is 30.5 Å². The first-order chi connectivity index (χ1) is 14.1. The van der Waals surface area contributed by atoms with Crippen LogP contribution in [0.15, 0.2) is 46.9 Å². The van der Waals surface area contributed by atoms with E-state index in [1.807, 2.05) is 24.3 Å². The number of anilines is 1. The molecule has 1 saturated heterocycles. The van der Waals surface area contributed by atoms with Crippen molar-refractivity contribution in [2.45, 2.75) is 38.0 Å². The topological polar surface area (TPSA) is 44.7 Å². The van der Waals surface area contributed by atoms with Gasteiger partial charge in [0.25, 0.3) is 0 Å². The van der Waals surface area contributed by atoms with Gasteiger partial charge in [-0.15, -0.1) is 0 Å². The molecule has 2 aliphatic heterocycles. The summed E-state index contributed by atoms with van der Waals surface area (Å²) in [6.45, 7) is 4.55. The van der Waals surface area contributed by atoms with Crippen molar-refractivity contribution < 1.29 is 14.2 Å². The quantitative estimate of drug-likeness (QED) is 0.640. The number of aliphatic hydroxyl groups excluding tert-OH is 1. The average molecular weight is 463 g/mol. The molecule has 2 N–H and O–H groups in total. The zero-order chi connectivity index (χ0) is 20.4. The maximum atomic E-state index is 14.9. The lowest BCUT2D eigenvalue weighted by molar-refractivity contribution is -0.103. The van der Waals surface area contributed by atoms with E-state index in [-0.39, 0.29) is 36.6 Å². The molecule has 156 valence electrons. The molecule has 4 nitrogen and oxygen atoms in total. The van der Waals surface area contributed by atoms with Crippen LogP contribution >= 0.6 is 15.9 Å². The van der Waals surface area contributed by atoms with Crippen LogP contribution in [-0.4, -0.2) is 42.4 Å². The summed E-state index contributed by atoms with van der Waals surface area (Å²) >= 11 is 3.45. The van der Waals surface area contributed by atoms with Crippen molar-refractivity contribution in [3.63, 3.8) is 0 Å². The highest BCUT2D eigenvalue weighted by atomic mass is 79.9. The molecule has 2 aromatic rings. The van der Waals surface area contributed by atoms with Gasteiger partial charge in [-0.1, -0.05) is 53.2 Å². The Labute approximate surface area is 180 Å². The fourth-order valence-electron chi connectivity index (χ4n) is 4.72. The minimum atomic E-state index is -0.255. The van der Waals surface area contributed by atoms with Gasteiger partial charge in [0, 0.05) is 29.0 Å². The maximum Gasteiger partial charge on any atom is 0.147 e. The van der Waals surface area contributed by atoms with Gasteiger partial charge >= 0.3 is 0 Å². The molecular formula is C23H28BrFN2O2. The largest absolute Gasteiger partial charge is 0.395 e. The van der Waals surface area contributed by atoms with E-state index < -0.39 is 0 Å². The Morgan fingerprint density at radius 2 is 2.03 bits per heavy atom. The van der Waals surface area contributed by atoms with E-state index in [1.165, 1.54) is 6.07 Å². The number of ether oxygens (including phenoxy) is 1. The third kappa shape index (κ3) is 4.36. The number of nitrogens with one attached hydrogen (secondary N) is 1. The van der Waals surface area contributed by atoms with Crippen LogP contribution in [0, 0.1) is 11.7 Å². The number of nitrogens with zero attached hydrogens (tertiary/aromatic N) is 1. The predicted octanol–water partition coefficient (Wildman–Crippen LogP) is 4.91. The maximum absolute atomic E-state index is 14.9.